The molecule has 0 radical (unpaired) electrons. The second-order valence-corrected chi connectivity index (χ2v) is 15.7. The lowest BCUT2D eigenvalue weighted by atomic mass is 9.49. The van der Waals surface area contributed by atoms with E-state index < -0.39 is 46.8 Å². The molecular formula is C47H36ClN3O7. The van der Waals surface area contributed by atoms with Crippen molar-refractivity contribution in [1.82, 2.24) is 4.98 Å². The van der Waals surface area contributed by atoms with Crippen LogP contribution in [-0.2, 0) is 24.6 Å². The third kappa shape index (κ3) is 5.14. The molecule has 2 saturated heterocycles. The number of aromatic hydroxyl groups is 1. The molecule has 2 aliphatic carbocycles. The molecule has 288 valence electrons. The van der Waals surface area contributed by atoms with E-state index in [1.165, 1.54) is 9.80 Å². The molecule has 1 N–H and O–H groups in total. The van der Waals surface area contributed by atoms with Crippen LogP contribution in [0.1, 0.15) is 36.8 Å². The first-order chi connectivity index (χ1) is 28.2. The summed E-state index contributed by atoms with van der Waals surface area (Å²) in [5, 5.41) is 12.4. The maximum atomic E-state index is 15.5. The van der Waals surface area contributed by atoms with Gasteiger partial charge in [0.05, 0.1) is 41.2 Å². The van der Waals surface area contributed by atoms with Gasteiger partial charge in [0.2, 0.25) is 29.5 Å². The first-order valence-corrected chi connectivity index (χ1v) is 19.8. The number of nitrogens with zero attached hydrogens (tertiary/aromatic N) is 3. The van der Waals surface area contributed by atoms with Gasteiger partial charge < -0.3 is 14.3 Å². The van der Waals surface area contributed by atoms with Gasteiger partial charge in [-0.05, 0) is 91.9 Å². The number of hydrogen-bond donors (Lipinski definition) is 1. The van der Waals surface area contributed by atoms with E-state index in [0.717, 1.165) is 11.1 Å². The first-order valence-electron chi connectivity index (χ1n) is 19.4. The van der Waals surface area contributed by atoms with Gasteiger partial charge in [0.25, 0.3) is 0 Å². The maximum absolute atomic E-state index is 15.5. The minimum atomic E-state index is -1.54. The standard InChI is InChI=1S/C47H36ClN3O7/c1-2-57-38-17-9-14-33(41(38)52)40-31-22-23-32-39(45(55)50(43(32)53)29-20-18-26(19-21-29)42-49-36-15-6-7-16-37(36)58-42)34(31)25-35-44(54)51(30-13-8-12-28(48)24-30)46(56)47(35,40)27-10-4-3-5-11-27/h3-22,24,32,34-35,39-40,52H,2,23,25H2,1H3. The lowest BCUT2D eigenvalue weighted by Gasteiger charge is -2.50. The number of carbonyl (C=O) groups excluding carboxylic acids is 4. The van der Waals surface area contributed by atoms with Crippen LogP contribution in [0.15, 0.2) is 137 Å². The Morgan fingerprint density at radius 3 is 2.33 bits per heavy atom. The number of para-hydroxylation sites is 3. The molecule has 11 heteroatoms. The number of phenols is 1. The average Bonchev–Trinajstić information content (AvgIpc) is 3.86. The fourth-order valence-electron chi connectivity index (χ4n) is 10.1. The Morgan fingerprint density at radius 1 is 0.810 bits per heavy atom. The van der Waals surface area contributed by atoms with Crippen LogP contribution in [0.3, 0.4) is 0 Å². The molecule has 6 aromatic rings. The molecular weight excluding hydrogens is 754 g/mol. The van der Waals surface area contributed by atoms with E-state index in [9.17, 15) is 14.7 Å². The Hall–Kier alpha value is -6.52. The van der Waals surface area contributed by atoms with E-state index in [4.69, 9.17) is 20.8 Å². The van der Waals surface area contributed by atoms with Gasteiger partial charge in [-0.1, -0.05) is 83.9 Å². The monoisotopic (exact) mass is 789 g/mol. The number of hydrogen-bond acceptors (Lipinski definition) is 8. The zero-order valence-electron chi connectivity index (χ0n) is 31.2. The number of anilines is 2. The highest BCUT2D eigenvalue weighted by atomic mass is 35.5. The molecule has 6 unspecified atom stereocenters. The van der Waals surface area contributed by atoms with E-state index in [1.807, 2.05) is 67.6 Å². The number of amides is 4. The fourth-order valence-corrected chi connectivity index (χ4v) is 10.3. The third-order valence-corrected chi connectivity index (χ3v) is 12.7. The van der Waals surface area contributed by atoms with Gasteiger partial charge in [0.1, 0.15) is 5.52 Å². The van der Waals surface area contributed by atoms with Gasteiger partial charge in [-0.2, -0.15) is 0 Å². The lowest BCUT2D eigenvalue weighted by molar-refractivity contribution is -0.127. The number of phenolic OH excluding ortho intramolecular Hbond substituents is 1. The predicted octanol–water partition coefficient (Wildman–Crippen LogP) is 8.62. The SMILES string of the molecule is CCOc1cccc(C2C3=CCC4C(=O)N(c5ccc(-c6nc7ccccc7o6)cc5)C(=O)C4C3CC3C(=O)N(c4cccc(Cl)c4)C(=O)C32c2ccccc2)c1O. The summed E-state index contributed by atoms with van der Waals surface area (Å²) in [7, 11) is 0. The molecule has 0 bridgehead atoms. The van der Waals surface area contributed by atoms with Crippen molar-refractivity contribution < 1.29 is 33.4 Å². The number of fused-ring (bicyclic) bond motifs is 5. The van der Waals surface area contributed by atoms with Crippen molar-refractivity contribution in [3.8, 4) is 23.0 Å². The normalized spacial score (nSPS) is 25.1. The number of imide groups is 2. The first kappa shape index (κ1) is 35.9. The number of benzene rings is 5. The molecule has 10 nitrogen and oxygen atoms in total. The minimum absolute atomic E-state index is 0.121. The highest BCUT2D eigenvalue weighted by Gasteiger charge is 2.70. The number of ether oxygens (including phenoxy) is 1. The topological polar surface area (TPSA) is 130 Å². The number of allylic oxidation sites excluding steroid dienone is 2. The van der Waals surface area contributed by atoms with Crippen molar-refractivity contribution in [2.75, 3.05) is 16.4 Å². The zero-order chi connectivity index (χ0) is 39.9. The van der Waals surface area contributed by atoms with Gasteiger partial charge in [0, 0.05) is 22.1 Å². The summed E-state index contributed by atoms with van der Waals surface area (Å²) >= 11 is 6.44. The minimum Gasteiger partial charge on any atom is -0.504 e. The van der Waals surface area contributed by atoms with Crippen LogP contribution >= 0.6 is 11.6 Å². The van der Waals surface area contributed by atoms with Gasteiger partial charge in [-0.3, -0.25) is 24.1 Å². The summed E-state index contributed by atoms with van der Waals surface area (Å²) in [5.41, 5.74) is 2.99. The van der Waals surface area contributed by atoms with Crippen LogP contribution in [0.2, 0.25) is 5.02 Å². The van der Waals surface area contributed by atoms with Crippen molar-refractivity contribution in [3.05, 3.63) is 149 Å². The molecule has 5 aromatic carbocycles. The summed E-state index contributed by atoms with van der Waals surface area (Å²) in [5.74, 6) is -5.10. The van der Waals surface area contributed by atoms with Crippen LogP contribution in [0.5, 0.6) is 11.5 Å². The Balaban J connectivity index is 1.11. The number of aromatic nitrogens is 1. The molecule has 2 aliphatic heterocycles. The summed E-state index contributed by atoms with van der Waals surface area (Å²) < 4.78 is 11.8. The molecule has 0 spiro atoms. The zero-order valence-corrected chi connectivity index (χ0v) is 32.0. The number of oxazole rings is 1. The molecule has 58 heavy (non-hydrogen) atoms. The Kier molecular flexibility index (Phi) is 8.38. The largest absolute Gasteiger partial charge is 0.504 e. The van der Waals surface area contributed by atoms with E-state index in [2.05, 4.69) is 4.98 Å². The van der Waals surface area contributed by atoms with Crippen molar-refractivity contribution in [2.24, 2.45) is 23.7 Å². The quantitative estimate of drug-likeness (QED) is 0.126. The number of halogens is 1. The number of rotatable bonds is 7. The second-order valence-electron chi connectivity index (χ2n) is 15.3. The third-order valence-electron chi connectivity index (χ3n) is 12.5. The van der Waals surface area contributed by atoms with E-state index in [-0.39, 0.29) is 42.8 Å². The highest BCUT2D eigenvalue weighted by Crippen LogP contribution is 2.65. The van der Waals surface area contributed by atoms with E-state index in [1.54, 1.807) is 66.7 Å². The van der Waals surface area contributed by atoms with Gasteiger partial charge >= 0.3 is 0 Å². The molecule has 6 atom stereocenters. The summed E-state index contributed by atoms with van der Waals surface area (Å²) in [6, 6.07) is 35.5. The Morgan fingerprint density at radius 2 is 1.57 bits per heavy atom. The van der Waals surface area contributed by atoms with Crippen molar-refractivity contribution in [1.29, 1.82) is 0 Å². The Labute approximate surface area is 338 Å². The maximum Gasteiger partial charge on any atom is 0.246 e. The van der Waals surface area contributed by atoms with Gasteiger partial charge in [0.15, 0.2) is 17.1 Å². The predicted molar refractivity (Wildman–Crippen MR) is 217 cm³/mol. The fraction of sp³-hybridized carbons (Fsp3) is 0.213. The summed E-state index contributed by atoms with van der Waals surface area (Å²) in [6.07, 6.45) is 2.32. The van der Waals surface area contributed by atoms with Crippen LogP contribution in [-0.4, -0.2) is 40.3 Å². The van der Waals surface area contributed by atoms with Crippen LogP contribution < -0.4 is 14.5 Å². The molecule has 10 rings (SSSR count). The molecule has 4 aliphatic rings. The molecule has 1 saturated carbocycles. The van der Waals surface area contributed by atoms with Gasteiger partial charge in [-0.25, -0.2) is 9.88 Å². The van der Waals surface area contributed by atoms with Crippen molar-refractivity contribution in [3.63, 3.8) is 0 Å². The molecule has 1 aromatic heterocycles. The summed E-state index contributed by atoms with van der Waals surface area (Å²) in [6.45, 7) is 2.10. The highest BCUT2D eigenvalue weighted by molar-refractivity contribution is 6.32. The van der Waals surface area contributed by atoms with Crippen molar-refractivity contribution >= 4 is 57.7 Å². The Bertz CT molecular complexity index is 2680. The van der Waals surface area contributed by atoms with E-state index >= 15 is 9.59 Å². The number of carbonyl (C=O) groups is 4. The van der Waals surface area contributed by atoms with Crippen LogP contribution in [0.25, 0.3) is 22.6 Å². The van der Waals surface area contributed by atoms with Crippen LogP contribution in [0, 0.1) is 23.7 Å². The lowest BCUT2D eigenvalue weighted by Crippen LogP contribution is -2.53. The average molecular weight is 790 g/mol. The molecule has 4 amide bonds. The molecule has 3 fully saturated rings. The second kappa shape index (κ2) is 13.6. The smallest absolute Gasteiger partial charge is 0.246 e. The van der Waals surface area contributed by atoms with E-state index in [0.29, 0.717) is 44.6 Å². The summed E-state index contributed by atoms with van der Waals surface area (Å²) in [4.78, 5) is 66.8. The van der Waals surface area contributed by atoms with Gasteiger partial charge in [-0.15, -0.1) is 0 Å². The van der Waals surface area contributed by atoms with Crippen molar-refractivity contribution in [2.45, 2.75) is 31.1 Å². The van der Waals surface area contributed by atoms with Crippen LogP contribution in [0.4, 0.5) is 11.4 Å². The molecule has 3 heterocycles.